The Hall–Kier alpha value is -3.10. The minimum Gasteiger partial charge on any atom is -0.507 e. The third-order valence-electron chi connectivity index (χ3n) is 3.36. The van der Waals surface area contributed by atoms with Crippen molar-refractivity contribution in [2.45, 2.75) is 13.2 Å². The van der Waals surface area contributed by atoms with E-state index in [9.17, 15) is 0 Å². The molecule has 0 spiro atoms. The molecule has 0 fully saturated rings. The summed E-state index contributed by atoms with van der Waals surface area (Å²) in [5, 5.41) is 18.1. The van der Waals surface area contributed by atoms with Gasteiger partial charge in [0.05, 0.1) is 6.20 Å². The Morgan fingerprint density at radius 2 is 1.38 bits per heavy atom. The lowest BCUT2D eigenvalue weighted by atomic mass is 10.2. The van der Waals surface area contributed by atoms with Crippen molar-refractivity contribution in [3.05, 3.63) is 78.0 Å². The maximum absolute atomic E-state index is 9.03. The molecule has 1 aromatic heterocycles. The van der Waals surface area contributed by atoms with Crippen molar-refractivity contribution in [3.63, 3.8) is 0 Å². The second-order valence-electron chi connectivity index (χ2n) is 5.31. The van der Waals surface area contributed by atoms with Gasteiger partial charge in [-0.3, -0.25) is 0 Å². The number of hydrogen-bond donors (Lipinski definition) is 2. The lowest BCUT2D eigenvalue weighted by molar-refractivity contribution is 0.238. The molecule has 8 heteroatoms. The summed E-state index contributed by atoms with van der Waals surface area (Å²) in [7, 11) is -2.01. The predicted octanol–water partition coefficient (Wildman–Crippen LogP) is 1.98. The summed E-state index contributed by atoms with van der Waals surface area (Å²) in [5.74, 6) is 0.0583. The Kier molecular flexibility index (Phi) is 6.03. The topological polar surface area (TPSA) is 93.9 Å². The van der Waals surface area contributed by atoms with Crippen molar-refractivity contribution < 1.29 is 24.2 Å². The van der Waals surface area contributed by atoms with Crippen molar-refractivity contribution in [2.75, 3.05) is 0 Å². The highest BCUT2D eigenvalue weighted by Crippen LogP contribution is 2.27. The molecule has 132 valence electrons. The number of rotatable bonds is 8. The maximum atomic E-state index is 9.03. The molecule has 0 bridgehead atoms. The number of aromatic nitrogens is 2. The largest absolute Gasteiger partial charge is 0.707 e. The molecule has 2 aromatic carbocycles. The van der Waals surface area contributed by atoms with Gasteiger partial charge in [0.2, 0.25) is 0 Å². The van der Waals surface area contributed by atoms with E-state index in [4.69, 9.17) is 24.2 Å². The van der Waals surface area contributed by atoms with E-state index in [0.717, 1.165) is 11.1 Å². The fourth-order valence-corrected chi connectivity index (χ4v) is 2.16. The average Bonchev–Trinajstić information content (AvgIpc) is 2.67. The van der Waals surface area contributed by atoms with Crippen LogP contribution >= 0.6 is 0 Å². The highest BCUT2D eigenvalue weighted by molar-refractivity contribution is 6.33. The molecule has 0 radical (unpaired) electrons. The Balaban J connectivity index is 1.72. The first kappa shape index (κ1) is 17.7. The average molecular weight is 352 g/mol. The summed E-state index contributed by atoms with van der Waals surface area (Å²) in [5.41, 5.74) is 1.89. The van der Waals surface area contributed by atoms with Crippen LogP contribution in [0.25, 0.3) is 0 Å². The van der Waals surface area contributed by atoms with Crippen LogP contribution in [0.5, 0.6) is 17.6 Å². The molecule has 0 atom stereocenters. The van der Waals surface area contributed by atoms with Crippen LogP contribution in [0.4, 0.5) is 0 Å². The minimum atomic E-state index is -2.01. The Morgan fingerprint density at radius 1 is 0.808 bits per heavy atom. The summed E-state index contributed by atoms with van der Waals surface area (Å²) >= 11 is 0. The fraction of sp³-hybridized carbons (Fsp3) is 0.111. The van der Waals surface area contributed by atoms with Gasteiger partial charge in [0.25, 0.3) is 5.88 Å². The van der Waals surface area contributed by atoms with E-state index in [-0.39, 0.29) is 24.2 Å². The Bertz CT molecular complexity index is 818. The molecular weight excluding hydrogens is 335 g/mol. The SMILES string of the molecule is OB(O)Oc1cnc(OCc2ccccc2)nc1OCc1ccccc1. The lowest BCUT2D eigenvalue weighted by Gasteiger charge is -2.12. The van der Waals surface area contributed by atoms with Gasteiger partial charge >= 0.3 is 13.3 Å². The third-order valence-corrected chi connectivity index (χ3v) is 3.36. The van der Waals surface area contributed by atoms with Crippen molar-refractivity contribution in [3.8, 4) is 17.6 Å². The van der Waals surface area contributed by atoms with Crippen LogP contribution in [0.3, 0.4) is 0 Å². The van der Waals surface area contributed by atoms with Crippen LogP contribution < -0.4 is 14.1 Å². The van der Waals surface area contributed by atoms with Crippen LogP contribution in [0.15, 0.2) is 66.9 Å². The summed E-state index contributed by atoms with van der Waals surface area (Å²) in [6, 6.07) is 19.2. The van der Waals surface area contributed by atoms with Crippen LogP contribution in [-0.4, -0.2) is 27.3 Å². The van der Waals surface area contributed by atoms with E-state index < -0.39 is 7.32 Å². The molecular formula is C18H17BN2O5. The zero-order chi connectivity index (χ0) is 18.2. The highest BCUT2D eigenvalue weighted by Gasteiger charge is 2.18. The van der Waals surface area contributed by atoms with Crippen LogP contribution in [0, 0.1) is 0 Å². The molecule has 2 N–H and O–H groups in total. The highest BCUT2D eigenvalue weighted by atomic mass is 16.6. The summed E-state index contributed by atoms with van der Waals surface area (Å²) in [6.07, 6.45) is 1.27. The zero-order valence-electron chi connectivity index (χ0n) is 13.9. The maximum Gasteiger partial charge on any atom is 0.707 e. The summed E-state index contributed by atoms with van der Waals surface area (Å²) in [6.45, 7) is 0.523. The Labute approximate surface area is 151 Å². The van der Waals surface area contributed by atoms with E-state index in [2.05, 4.69) is 9.97 Å². The molecule has 0 unspecified atom stereocenters. The zero-order valence-corrected chi connectivity index (χ0v) is 13.9. The number of benzene rings is 2. The first-order valence-corrected chi connectivity index (χ1v) is 7.94. The molecule has 0 amide bonds. The van der Waals surface area contributed by atoms with Gasteiger partial charge in [-0.15, -0.1) is 0 Å². The molecule has 0 saturated carbocycles. The smallest absolute Gasteiger partial charge is 0.507 e. The van der Waals surface area contributed by atoms with Crippen molar-refractivity contribution in [2.24, 2.45) is 0 Å². The molecule has 3 aromatic rings. The van der Waals surface area contributed by atoms with Gasteiger partial charge in [-0.25, -0.2) is 0 Å². The molecule has 7 nitrogen and oxygen atoms in total. The molecule has 0 aliphatic carbocycles. The van der Waals surface area contributed by atoms with Crippen LogP contribution in [-0.2, 0) is 13.2 Å². The first-order chi connectivity index (χ1) is 12.7. The van der Waals surface area contributed by atoms with Crippen molar-refractivity contribution in [1.29, 1.82) is 0 Å². The first-order valence-electron chi connectivity index (χ1n) is 7.94. The Morgan fingerprint density at radius 3 is 1.96 bits per heavy atom. The van der Waals surface area contributed by atoms with E-state index in [1.54, 1.807) is 0 Å². The van der Waals surface area contributed by atoms with E-state index in [0.29, 0.717) is 6.61 Å². The summed E-state index contributed by atoms with van der Waals surface area (Å²) in [4.78, 5) is 8.16. The second-order valence-corrected chi connectivity index (χ2v) is 5.31. The van der Waals surface area contributed by atoms with Crippen LogP contribution in [0.1, 0.15) is 11.1 Å². The lowest BCUT2D eigenvalue weighted by Crippen LogP contribution is -2.21. The third kappa shape index (κ3) is 5.20. The number of hydrogen-bond acceptors (Lipinski definition) is 7. The standard InChI is InChI=1S/C18H17BN2O5/c22-19(23)26-16-11-20-18(25-13-15-9-5-2-6-10-15)21-17(16)24-12-14-7-3-1-4-8-14/h1-11,22-23H,12-13H2. The molecule has 3 rings (SSSR count). The minimum absolute atomic E-state index is 0.00277. The predicted molar refractivity (Wildman–Crippen MR) is 94.4 cm³/mol. The van der Waals surface area contributed by atoms with E-state index >= 15 is 0 Å². The van der Waals surface area contributed by atoms with Gasteiger partial charge in [0, 0.05) is 0 Å². The van der Waals surface area contributed by atoms with Gasteiger partial charge < -0.3 is 24.2 Å². The van der Waals surface area contributed by atoms with Gasteiger partial charge in [-0.2, -0.15) is 9.97 Å². The van der Waals surface area contributed by atoms with Crippen molar-refractivity contribution in [1.82, 2.24) is 9.97 Å². The number of nitrogens with zero attached hydrogens (tertiary/aromatic N) is 2. The van der Waals surface area contributed by atoms with Gasteiger partial charge in [0.15, 0.2) is 5.75 Å². The van der Waals surface area contributed by atoms with Gasteiger partial charge in [-0.1, -0.05) is 60.7 Å². The van der Waals surface area contributed by atoms with Crippen LogP contribution in [0.2, 0.25) is 0 Å². The van der Waals surface area contributed by atoms with E-state index in [1.807, 2.05) is 60.7 Å². The summed E-state index contributed by atoms with van der Waals surface area (Å²) < 4.78 is 16.1. The van der Waals surface area contributed by atoms with Gasteiger partial charge in [0.1, 0.15) is 13.2 Å². The second kappa shape index (κ2) is 8.84. The van der Waals surface area contributed by atoms with Gasteiger partial charge in [-0.05, 0) is 11.1 Å². The molecule has 0 aliphatic heterocycles. The van der Waals surface area contributed by atoms with Crippen molar-refractivity contribution >= 4 is 7.32 Å². The normalized spacial score (nSPS) is 10.2. The number of ether oxygens (including phenoxy) is 2. The quantitative estimate of drug-likeness (QED) is 0.599. The monoisotopic (exact) mass is 352 g/mol. The molecule has 0 aliphatic rings. The fourth-order valence-electron chi connectivity index (χ4n) is 2.16. The van der Waals surface area contributed by atoms with E-state index in [1.165, 1.54) is 6.20 Å². The molecule has 26 heavy (non-hydrogen) atoms. The molecule has 0 saturated heterocycles. The molecule has 1 heterocycles.